The highest BCUT2D eigenvalue weighted by Gasteiger charge is 2.15. The second kappa shape index (κ2) is 6.71. The molecular weight excluding hydrogens is 322 g/mol. The van der Waals surface area contributed by atoms with Crippen LogP contribution in [0, 0.1) is 0 Å². The molecule has 3 aromatic heterocycles. The first-order valence-corrected chi connectivity index (χ1v) is 7.85. The average molecular weight is 341 g/mol. The summed E-state index contributed by atoms with van der Waals surface area (Å²) in [5.74, 6) is 0.562. The molecule has 3 heterocycles. The van der Waals surface area contributed by atoms with E-state index in [-0.39, 0.29) is 18.0 Å². The lowest BCUT2D eigenvalue weighted by molar-refractivity contribution is -0.117. The van der Waals surface area contributed by atoms with E-state index in [9.17, 15) is 9.59 Å². The summed E-state index contributed by atoms with van der Waals surface area (Å²) < 4.78 is 2.92. The van der Waals surface area contributed by atoms with Crippen LogP contribution in [0.1, 0.15) is 12.5 Å². The Balaban J connectivity index is 1.97. The number of aryl methyl sites for hydroxylation is 1. The Bertz CT molecular complexity index is 960. The van der Waals surface area contributed by atoms with Gasteiger partial charge in [-0.2, -0.15) is 0 Å². The van der Waals surface area contributed by atoms with Crippen molar-refractivity contribution in [2.24, 2.45) is 0 Å². The summed E-state index contributed by atoms with van der Waals surface area (Å²) in [6.07, 6.45) is 5.56. The van der Waals surface area contributed by atoms with Crippen LogP contribution in [0.4, 0.5) is 11.8 Å². The van der Waals surface area contributed by atoms with Gasteiger partial charge in [0.05, 0.1) is 0 Å². The van der Waals surface area contributed by atoms with Crippen LogP contribution in [0.3, 0.4) is 0 Å². The van der Waals surface area contributed by atoms with Gasteiger partial charge >= 0.3 is 0 Å². The maximum Gasteiger partial charge on any atom is 0.291 e. The van der Waals surface area contributed by atoms with Crippen molar-refractivity contribution in [2.75, 3.05) is 24.3 Å². The number of nitrogens with one attached hydrogen (secondary N) is 1. The lowest BCUT2D eigenvalue weighted by atomic mass is 10.3. The quantitative estimate of drug-likeness (QED) is 0.728. The molecule has 0 saturated carbocycles. The van der Waals surface area contributed by atoms with Gasteiger partial charge < -0.3 is 10.2 Å². The Labute approximate surface area is 143 Å². The molecule has 3 rings (SSSR count). The van der Waals surface area contributed by atoms with Gasteiger partial charge in [-0.1, -0.05) is 6.92 Å². The first kappa shape index (κ1) is 16.6. The number of rotatable bonds is 5. The Morgan fingerprint density at radius 1 is 1.36 bits per heavy atom. The molecule has 9 heteroatoms. The van der Waals surface area contributed by atoms with Crippen LogP contribution in [0.5, 0.6) is 0 Å². The number of hydrogen-bond donors (Lipinski definition) is 1. The maximum atomic E-state index is 12.7. The molecule has 0 bridgehead atoms. The third-order valence-electron chi connectivity index (χ3n) is 3.71. The summed E-state index contributed by atoms with van der Waals surface area (Å²) in [6, 6.07) is 3.40. The average Bonchev–Trinajstić information content (AvgIpc) is 3.02. The van der Waals surface area contributed by atoms with Crippen LogP contribution in [0.25, 0.3) is 5.52 Å². The van der Waals surface area contributed by atoms with E-state index in [0.717, 1.165) is 12.0 Å². The van der Waals surface area contributed by atoms with E-state index in [1.165, 1.54) is 17.2 Å². The molecule has 1 amide bonds. The van der Waals surface area contributed by atoms with Gasteiger partial charge in [-0.25, -0.2) is 14.6 Å². The molecule has 0 fully saturated rings. The molecule has 0 unspecified atom stereocenters. The van der Waals surface area contributed by atoms with E-state index in [1.807, 2.05) is 33.3 Å². The van der Waals surface area contributed by atoms with Gasteiger partial charge in [0.1, 0.15) is 24.2 Å². The molecule has 130 valence electrons. The summed E-state index contributed by atoms with van der Waals surface area (Å²) in [5, 5.41) is 6.95. The highest BCUT2D eigenvalue weighted by molar-refractivity contribution is 5.89. The number of hydrogen-bond acceptors (Lipinski definition) is 6. The molecular formula is C16H19N7O2. The van der Waals surface area contributed by atoms with Crippen LogP contribution in [0.2, 0.25) is 0 Å². The van der Waals surface area contributed by atoms with Gasteiger partial charge in [-0.15, -0.1) is 5.10 Å². The van der Waals surface area contributed by atoms with Crippen molar-refractivity contribution in [3.63, 3.8) is 0 Å². The molecule has 0 aliphatic rings. The summed E-state index contributed by atoms with van der Waals surface area (Å²) in [5.41, 5.74) is 1.21. The number of fused-ring (bicyclic) bond motifs is 1. The minimum Gasteiger partial charge on any atom is -0.347 e. The van der Waals surface area contributed by atoms with E-state index in [4.69, 9.17) is 0 Å². The van der Waals surface area contributed by atoms with Gasteiger partial charge in [0, 0.05) is 26.5 Å². The minimum atomic E-state index is -0.385. The summed E-state index contributed by atoms with van der Waals surface area (Å²) in [7, 11) is 3.67. The molecule has 3 aromatic rings. The second-order valence-corrected chi connectivity index (χ2v) is 5.76. The molecule has 0 aromatic carbocycles. The highest BCUT2D eigenvalue weighted by Crippen LogP contribution is 2.13. The van der Waals surface area contributed by atoms with Crippen LogP contribution in [0.15, 0.2) is 35.6 Å². The van der Waals surface area contributed by atoms with E-state index < -0.39 is 0 Å². The molecule has 25 heavy (non-hydrogen) atoms. The first-order valence-electron chi connectivity index (χ1n) is 7.85. The normalized spacial score (nSPS) is 10.8. The standard InChI is InChI=1S/C16H19N7O2/c1-4-11-7-12-15(25)23(20-16(21(2)3)22(12)8-11)9-14(24)19-13-5-6-17-10-18-13/h5-8,10H,4,9H2,1-3H3,(H,17,18,19,24). The predicted octanol–water partition coefficient (Wildman–Crippen LogP) is 0.553. The molecule has 1 N–H and O–H groups in total. The molecule has 9 nitrogen and oxygen atoms in total. The van der Waals surface area contributed by atoms with Crippen molar-refractivity contribution in [1.29, 1.82) is 0 Å². The predicted molar refractivity (Wildman–Crippen MR) is 93.8 cm³/mol. The number of carbonyl (C=O) groups excluding carboxylic acids is 1. The van der Waals surface area contributed by atoms with Crippen LogP contribution in [-0.2, 0) is 17.8 Å². The van der Waals surface area contributed by atoms with Gasteiger partial charge in [0.2, 0.25) is 11.9 Å². The van der Waals surface area contributed by atoms with E-state index in [2.05, 4.69) is 20.4 Å². The fourth-order valence-corrected chi connectivity index (χ4v) is 2.47. The van der Waals surface area contributed by atoms with Crippen LogP contribution >= 0.6 is 0 Å². The zero-order chi connectivity index (χ0) is 18.0. The molecule has 0 atom stereocenters. The van der Waals surface area contributed by atoms with Crippen LogP contribution < -0.4 is 15.8 Å². The fraction of sp³-hybridized carbons (Fsp3) is 0.312. The molecule has 0 radical (unpaired) electrons. The number of nitrogens with zero attached hydrogens (tertiary/aromatic N) is 6. The van der Waals surface area contributed by atoms with E-state index in [1.54, 1.807) is 15.4 Å². The first-order chi connectivity index (χ1) is 12.0. The van der Waals surface area contributed by atoms with Crippen molar-refractivity contribution < 1.29 is 4.79 Å². The van der Waals surface area contributed by atoms with Gasteiger partial charge in [-0.05, 0) is 24.1 Å². The topological polar surface area (TPSA) is 97.4 Å². The van der Waals surface area contributed by atoms with Gasteiger partial charge in [-0.3, -0.25) is 14.0 Å². The summed E-state index contributed by atoms with van der Waals surface area (Å²) in [4.78, 5) is 34.4. The largest absolute Gasteiger partial charge is 0.347 e. The van der Waals surface area contributed by atoms with Crippen molar-refractivity contribution in [1.82, 2.24) is 24.1 Å². The van der Waals surface area contributed by atoms with Crippen molar-refractivity contribution in [3.05, 3.63) is 46.8 Å². The third kappa shape index (κ3) is 3.35. The molecule has 0 saturated heterocycles. The molecule has 0 aliphatic heterocycles. The third-order valence-corrected chi connectivity index (χ3v) is 3.71. The van der Waals surface area contributed by atoms with Gasteiger partial charge in [0.25, 0.3) is 5.56 Å². The Morgan fingerprint density at radius 3 is 2.80 bits per heavy atom. The summed E-state index contributed by atoms with van der Waals surface area (Å²) >= 11 is 0. The number of anilines is 2. The maximum absolute atomic E-state index is 12.7. The monoisotopic (exact) mass is 341 g/mol. The van der Waals surface area contributed by atoms with Crippen LogP contribution in [-0.4, -0.2) is 44.2 Å². The van der Waals surface area contributed by atoms with Crippen molar-refractivity contribution in [2.45, 2.75) is 19.9 Å². The van der Waals surface area contributed by atoms with Crippen molar-refractivity contribution >= 4 is 23.2 Å². The Kier molecular flexibility index (Phi) is 4.46. The zero-order valence-corrected chi connectivity index (χ0v) is 14.3. The van der Waals surface area contributed by atoms with E-state index in [0.29, 0.717) is 17.3 Å². The lowest BCUT2D eigenvalue weighted by Crippen LogP contribution is -2.33. The second-order valence-electron chi connectivity index (χ2n) is 5.76. The Hall–Kier alpha value is -3.23. The number of carbonyl (C=O) groups is 1. The minimum absolute atomic E-state index is 0.202. The highest BCUT2D eigenvalue weighted by atomic mass is 16.2. The summed E-state index contributed by atoms with van der Waals surface area (Å²) in [6.45, 7) is 1.82. The smallest absolute Gasteiger partial charge is 0.291 e. The van der Waals surface area contributed by atoms with E-state index >= 15 is 0 Å². The Morgan fingerprint density at radius 2 is 2.16 bits per heavy atom. The number of aromatic nitrogens is 5. The zero-order valence-electron chi connectivity index (χ0n) is 14.3. The van der Waals surface area contributed by atoms with Crippen molar-refractivity contribution in [3.8, 4) is 0 Å². The number of amides is 1. The molecule has 0 spiro atoms. The fourth-order valence-electron chi connectivity index (χ4n) is 2.47. The SMILES string of the molecule is CCc1cc2c(=O)n(CC(=O)Nc3ccncn3)nc(N(C)C)n2c1. The lowest BCUT2D eigenvalue weighted by Gasteiger charge is -2.15. The molecule has 0 aliphatic carbocycles. The van der Waals surface area contributed by atoms with Gasteiger partial charge in [0.15, 0.2) is 0 Å².